The summed E-state index contributed by atoms with van der Waals surface area (Å²) in [5, 5.41) is 5.48. The number of aromatic nitrogens is 1. The van der Waals surface area contributed by atoms with Gasteiger partial charge in [-0.15, -0.1) is 0 Å². The Labute approximate surface area is 117 Å². The van der Waals surface area contributed by atoms with Crippen LogP contribution in [0.3, 0.4) is 0 Å². The Morgan fingerprint density at radius 2 is 2.25 bits per heavy atom. The van der Waals surface area contributed by atoms with E-state index in [9.17, 15) is 9.59 Å². The van der Waals surface area contributed by atoms with Crippen molar-refractivity contribution in [3.8, 4) is 5.88 Å². The molecule has 108 valence electrons. The van der Waals surface area contributed by atoms with E-state index in [2.05, 4.69) is 15.6 Å². The van der Waals surface area contributed by atoms with E-state index in [0.29, 0.717) is 24.0 Å². The van der Waals surface area contributed by atoms with Crippen LogP contribution in [0.5, 0.6) is 5.88 Å². The molecule has 1 fully saturated rings. The van der Waals surface area contributed by atoms with Crippen molar-refractivity contribution in [2.75, 3.05) is 19.0 Å². The second-order valence-corrected chi connectivity index (χ2v) is 4.97. The lowest BCUT2D eigenvalue weighted by Crippen LogP contribution is -2.29. The normalized spacial score (nSPS) is 20.1. The lowest BCUT2D eigenvalue weighted by Gasteiger charge is -2.09. The molecule has 2 atom stereocenters. The van der Waals surface area contributed by atoms with Crippen LogP contribution in [0.1, 0.15) is 19.8 Å². The summed E-state index contributed by atoms with van der Waals surface area (Å²) >= 11 is 0. The number of methoxy groups -OCH3 is 1. The number of hydrogen-bond donors (Lipinski definition) is 2. The maximum Gasteiger partial charge on any atom is 0.237 e. The predicted octanol–water partition coefficient (Wildman–Crippen LogP) is 1.19. The highest BCUT2D eigenvalue weighted by Crippen LogP contribution is 2.37. The summed E-state index contributed by atoms with van der Waals surface area (Å²) in [5.74, 6) is 0.848. The van der Waals surface area contributed by atoms with Crippen molar-refractivity contribution in [3.05, 3.63) is 18.3 Å². The summed E-state index contributed by atoms with van der Waals surface area (Å²) in [6.07, 6.45) is 2.77. The van der Waals surface area contributed by atoms with Crippen LogP contribution in [0.25, 0.3) is 0 Å². The van der Waals surface area contributed by atoms with E-state index in [1.165, 1.54) is 7.11 Å². The van der Waals surface area contributed by atoms with Gasteiger partial charge in [0.15, 0.2) is 0 Å². The molecule has 1 aliphatic carbocycles. The molecule has 0 unspecified atom stereocenters. The Morgan fingerprint density at radius 1 is 1.50 bits per heavy atom. The van der Waals surface area contributed by atoms with Gasteiger partial charge in [0, 0.05) is 25.1 Å². The van der Waals surface area contributed by atoms with E-state index in [-0.39, 0.29) is 24.2 Å². The molecule has 1 saturated carbocycles. The minimum atomic E-state index is -0.180. The van der Waals surface area contributed by atoms with Crippen LogP contribution in [-0.2, 0) is 9.59 Å². The molecule has 1 aromatic heterocycles. The van der Waals surface area contributed by atoms with Crippen molar-refractivity contribution in [3.63, 3.8) is 0 Å². The second kappa shape index (κ2) is 6.36. The van der Waals surface area contributed by atoms with Crippen molar-refractivity contribution >= 4 is 17.5 Å². The highest BCUT2D eigenvalue weighted by molar-refractivity contribution is 5.92. The molecule has 1 heterocycles. The number of rotatable bonds is 6. The van der Waals surface area contributed by atoms with Gasteiger partial charge >= 0.3 is 0 Å². The summed E-state index contributed by atoms with van der Waals surface area (Å²) < 4.78 is 5.04. The smallest absolute Gasteiger partial charge is 0.237 e. The number of nitrogens with zero attached hydrogens (tertiary/aromatic N) is 1. The summed E-state index contributed by atoms with van der Waals surface area (Å²) in [7, 11) is 1.50. The van der Waals surface area contributed by atoms with E-state index < -0.39 is 0 Å². The third-order valence-corrected chi connectivity index (χ3v) is 3.34. The SMILES string of the molecule is COc1ncccc1NC(=O)CCNC(=O)[C@@H]1C[C@@H]1C. The average molecular weight is 277 g/mol. The molecule has 0 spiro atoms. The predicted molar refractivity (Wildman–Crippen MR) is 74.3 cm³/mol. The van der Waals surface area contributed by atoms with E-state index >= 15 is 0 Å². The van der Waals surface area contributed by atoms with Crippen LogP contribution in [0.2, 0.25) is 0 Å². The fraction of sp³-hybridized carbons (Fsp3) is 0.500. The summed E-state index contributed by atoms with van der Waals surface area (Å²) in [6, 6.07) is 3.43. The minimum absolute atomic E-state index is 0.0456. The number of nitrogens with one attached hydrogen (secondary N) is 2. The molecule has 6 heteroatoms. The monoisotopic (exact) mass is 277 g/mol. The van der Waals surface area contributed by atoms with Gasteiger partial charge in [0.25, 0.3) is 0 Å². The number of anilines is 1. The average Bonchev–Trinajstić information content (AvgIpc) is 3.16. The maximum absolute atomic E-state index is 11.8. The highest BCUT2D eigenvalue weighted by Gasteiger charge is 2.38. The third kappa shape index (κ3) is 3.69. The van der Waals surface area contributed by atoms with Crippen LogP contribution in [-0.4, -0.2) is 30.5 Å². The lowest BCUT2D eigenvalue weighted by molar-refractivity contribution is -0.122. The van der Waals surface area contributed by atoms with Crippen molar-refractivity contribution in [2.45, 2.75) is 19.8 Å². The van der Waals surface area contributed by atoms with E-state index in [0.717, 1.165) is 6.42 Å². The van der Waals surface area contributed by atoms with Crippen LogP contribution in [0.15, 0.2) is 18.3 Å². The van der Waals surface area contributed by atoms with Crippen LogP contribution >= 0.6 is 0 Å². The molecule has 2 N–H and O–H groups in total. The molecule has 0 aromatic carbocycles. The number of amides is 2. The Bertz CT molecular complexity index is 504. The molecule has 1 aromatic rings. The Morgan fingerprint density at radius 3 is 2.90 bits per heavy atom. The van der Waals surface area contributed by atoms with Gasteiger partial charge in [0.2, 0.25) is 17.7 Å². The number of hydrogen-bond acceptors (Lipinski definition) is 4. The first-order valence-corrected chi connectivity index (χ1v) is 6.68. The van der Waals surface area contributed by atoms with Crippen LogP contribution in [0, 0.1) is 11.8 Å². The standard InChI is InChI=1S/C14H19N3O3/c1-9-8-10(9)13(19)15-7-5-12(18)17-11-4-3-6-16-14(11)20-2/h3-4,6,9-10H,5,7-8H2,1-2H3,(H,15,19)(H,17,18)/t9-,10+/m0/s1. The number of carbonyl (C=O) groups is 2. The van der Waals surface area contributed by atoms with E-state index in [4.69, 9.17) is 4.74 Å². The molecule has 2 amide bonds. The van der Waals surface area contributed by atoms with Crippen molar-refractivity contribution < 1.29 is 14.3 Å². The number of carbonyl (C=O) groups excluding carboxylic acids is 2. The molecule has 6 nitrogen and oxygen atoms in total. The first-order chi connectivity index (χ1) is 9.61. The fourth-order valence-electron chi connectivity index (χ4n) is 1.98. The highest BCUT2D eigenvalue weighted by atomic mass is 16.5. The zero-order valence-corrected chi connectivity index (χ0v) is 11.7. The molecule has 20 heavy (non-hydrogen) atoms. The molecule has 0 saturated heterocycles. The Balaban J connectivity index is 1.74. The van der Waals surface area contributed by atoms with Gasteiger partial charge in [-0.05, 0) is 24.5 Å². The molecule has 2 rings (SSSR count). The van der Waals surface area contributed by atoms with Gasteiger partial charge in [-0.3, -0.25) is 9.59 Å². The van der Waals surface area contributed by atoms with E-state index in [1.807, 2.05) is 6.92 Å². The van der Waals surface area contributed by atoms with Crippen molar-refractivity contribution in [1.82, 2.24) is 10.3 Å². The molecule has 0 bridgehead atoms. The van der Waals surface area contributed by atoms with Crippen molar-refractivity contribution in [2.24, 2.45) is 11.8 Å². The van der Waals surface area contributed by atoms with E-state index in [1.54, 1.807) is 18.3 Å². The lowest BCUT2D eigenvalue weighted by atomic mass is 10.3. The summed E-state index contributed by atoms with van der Waals surface area (Å²) in [4.78, 5) is 27.3. The molecular formula is C14H19N3O3. The molecule has 1 aliphatic rings. The number of pyridine rings is 1. The summed E-state index contributed by atoms with van der Waals surface area (Å²) in [5.41, 5.74) is 0.530. The van der Waals surface area contributed by atoms with Crippen LogP contribution in [0.4, 0.5) is 5.69 Å². The minimum Gasteiger partial charge on any atom is -0.480 e. The van der Waals surface area contributed by atoms with Gasteiger partial charge in [0.05, 0.1) is 7.11 Å². The third-order valence-electron chi connectivity index (χ3n) is 3.34. The number of ether oxygens (including phenoxy) is 1. The quantitative estimate of drug-likeness (QED) is 0.818. The van der Waals surface area contributed by atoms with Crippen LogP contribution < -0.4 is 15.4 Å². The molecule has 0 aliphatic heterocycles. The maximum atomic E-state index is 11.8. The van der Waals surface area contributed by atoms with Crippen molar-refractivity contribution in [1.29, 1.82) is 0 Å². The first kappa shape index (κ1) is 14.3. The van der Waals surface area contributed by atoms with Gasteiger partial charge in [-0.25, -0.2) is 4.98 Å². The zero-order chi connectivity index (χ0) is 14.5. The van der Waals surface area contributed by atoms with Gasteiger partial charge in [-0.2, -0.15) is 0 Å². The molecule has 0 radical (unpaired) electrons. The van der Waals surface area contributed by atoms with Gasteiger partial charge in [0.1, 0.15) is 5.69 Å². The van der Waals surface area contributed by atoms with Gasteiger partial charge in [-0.1, -0.05) is 6.92 Å². The fourth-order valence-corrected chi connectivity index (χ4v) is 1.98. The van der Waals surface area contributed by atoms with Gasteiger partial charge < -0.3 is 15.4 Å². The topological polar surface area (TPSA) is 80.3 Å². The zero-order valence-electron chi connectivity index (χ0n) is 11.7. The molecular weight excluding hydrogens is 258 g/mol. The first-order valence-electron chi connectivity index (χ1n) is 6.68. The Hall–Kier alpha value is -2.11. The Kier molecular flexibility index (Phi) is 4.55. The second-order valence-electron chi connectivity index (χ2n) is 4.97. The summed E-state index contributed by atoms with van der Waals surface area (Å²) in [6.45, 7) is 2.39. The largest absolute Gasteiger partial charge is 0.480 e.